The first-order valence-electron chi connectivity index (χ1n) is 11.4. The van der Waals surface area contributed by atoms with Crippen molar-refractivity contribution in [2.75, 3.05) is 39.9 Å². The standard InChI is InChI=1S/C25H33N3O3/c1-30-23-11-14-28-19-21(23)8-4-5-13-27(18-20-7-6-12-26-17-20)15-16-31-24-10-3-2-9-22(24)25(28)29/h2-3,6-7,9-10,12,17,21,23H,4-5,8,11,13-16,18-19H2,1H3/t21-,23+/m0/s1. The maximum absolute atomic E-state index is 13.3. The van der Waals surface area contributed by atoms with E-state index in [1.807, 2.05) is 47.6 Å². The second-order valence-corrected chi connectivity index (χ2v) is 8.55. The minimum atomic E-state index is 0.0689. The van der Waals surface area contributed by atoms with Gasteiger partial charge in [0, 0.05) is 51.6 Å². The smallest absolute Gasteiger partial charge is 0.257 e. The lowest BCUT2D eigenvalue weighted by Gasteiger charge is -2.38. The van der Waals surface area contributed by atoms with Crippen LogP contribution in [0.3, 0.4) is 0 Å². The number of fused-ring (bicyclic) bond motifs is 3. The molecule has 0 aliphatic carbocycles. The maximum Gasteiger partial charge on any atom is 0.257 e. The van der Waals surface area contributed by atoms with Gasteiger partial charge in [-0.3, -0.25) is 14.7 Å². The Hall–Kier alpha value is -2.44. The van der Waals surface area contributed by atoms with Gasteiger partial charge in [-0.2, -0.15) is 0 Å². The van der Waals surface area contributed by atoms with E-state index in [0.717, 1.165) is 58.4 Å². The monoisotopic (exact) mass is 423 g/mol. The molecule has 6 heteroatoms. The van der Waals surface area contributed by atoms with E-state index in [0.29, 0.717) is 23.8 Å². The lowest BCUT2D eigenvalue weighted by Crippen LogP contribution is -2.46. The molecule has 4 rings (SSSR count). The molecule has 0 radical (unpaired) electrons. The fourth-order valence-electron chi connectivity index (χ4n) is 4.77. The van der Waals surface area contributed by atoms with Gasteiger partial charge in [0.05, 0.1) is 11.7 Å². The molecule has 1 aromatic heterocycles. The van der Waals surface area contributed by atoms with Gasteiger partial charge in [0.1, 0.15) is 12.4 Å². The quantitative estimate of drug-likeness (QED) is 0.755. The number of benzene rings is 1. The molecule has 166 valence electrons. The van der Waals surface area contributed by atoms with Crippen molar-refractivity contribution < 1.29 is 14.3 Å². The van der Waals surface area contributed by atoms with Crippen LogP contribution in [0, 0.1) is 5.92 Å². The summed E-state index contributed by atoms with van der Waals surface area (Å²) in [5, 5.41) is 0. The van der Waals surface area contributed by atoms with Crippen molar-refractivity contribution in [3.05, 3.63) is 59.9 Å². The van der Waals surface area contributed by atoms with Crippen molar-refractivity contribution >= 4 is 5.91 Å². The van der Waals surface area contributed by atoms with Crippen LogP contribution in [0.15, 0.2) is 48.8 Å². The number of piperidine rings is 1. The molecule has 1 fully saturated rings. The van der Waals surface area contributed by atoms with Gasteiger partial charge in [-0.1, -0.05) is 24.6 Å². The molecule has 0 unspecified atom stereocenters. The Balaban J connectivity index is 1.53. The SMILES string of the molecule is CO[C@@H]1CCN2C[C@@H]1CCCCN(Cc1cccnc1)CCOc1ccccc1C2=O. The van der Waals surface area contributed by atoms with Gasteiger partial charge in [-0.25, -0.2) is 0 Å². The van der Waals surface area contributed by atoms with Gasteiger partial charge in [0.15, 0.2) is 0 Å². The Labute approximate surface area is 185 Å². The van der Waals surface area contributed by atoms with Gasteiger partial charge in [0.25, 0.3) is 5.91 Å². The number of carbonyl (C=O) groups is 1. The summed E-state index contributed by atoms with van der Waals surface area (Å²) in [6.45, 7) is 4.74. The Bertz CT molecular complexity index is 845. The molecule has 2 aliphatic heterocycles. The van der Waals surface area contributed by atoms with Crippen molar-refractivity contribution in [3.63, 3.8) is 0 Å². The zero-order valence-corrected chi connectivity index (χ0v) is 18.4. The van der Waals surface area contributed by atoms with Gasteiger partial charge >= 0.3 is 0 Å². The summed E-state index contributed by atoms with van der Waals surface area (Å²) in [4.78, 5) is 22.0. The number of nitrogens with zero attached hydrogens (tertiary/aromatic N) is 3. The number of aromatic nitrogens is 1. The second-order valence-electron chi connectivity index (χ2n) is 8.55. The summed E-state index contributed by atoms with van der Waals surface area (Å²) >= 11 is 0. The number of rotatable bonds is 3. The molecule has 0 N–H and O–H groups in total. The molecule has 3 heterocycles. The predicted molar refractivity (Wildman–Crippen MR) is 120 cm³/mol. The molecule has 0 saturated carbocycles. The molecule has 1 saturated heterocycles. The maximum atomic E-state index is 13.3. The minimum Gasteiger partial charge on any atom is -0.491 e. The Kier molecular flexibility index (Phi) is 7.54. The first kappa shape index (κ1) is 21.8. The number of pyridine rings is 1. The third-order valence-electron chi connectivity index (χ3n) is 6.46. The van der Waals surface area contributed by atoms with Gasteiger partial charge in [0.2, 0.25) is 0 Å². The number of methoxy groups -OCH3 is 1. The highest BCUT2D eigenvalue weighted by Gasteiger charge is 2.32. The van der Waals surface area contributed by atoms with E-state index in [1.54, 1.807) is 7.11 Å². The lowest BCUT2D eigenvalue weighted by atomic mass is 9.89. The van der Waals surface area contributed by atoms with Crippen LogP contribution in [0.4, 0.5) is 0 Å². The van der Waals surface area contributed by atoms with E-state index in [2.05, 4.69) is 16.0 Å². The lowest BCUT2D eigenvalue weighted by molar-refractivity contribution is -0.00702. The van der Waals surface area contributed by atoms with Crippen molar-refractivity contribution in [1.29, 1.82) is 0 Å². The average molecular weight is 424 g/mol. The number of para-hydroxylation sites is 1. The fraction of sp³-hybridized carbons (Fsp3) is 0.520. The third kappa shape index (κ3) is 5.63. The second kappa shape index (κ2) is 10.7. The molecule has 2 aliphatic rings. The van der Waals surface area contributed by atoms with Crippen LogP contribution in [0.25, 0.3) is 0 Å². The molecule has 6 nitrogen and oxygen atoms in total. The van der Waals surface area contributed by atoms with Crippen LogP contribution >= 0.6 is 0 Å². The summed E-state index contributed by atoms with van der Waals surface area (Å²) in [6.07, 6.45) is 8.20. The Morgan fingerprint density at radius 3 is 2.84 bits per heavy atom. The van der Waals surface area contributed by atoms with Crippen molar-refractivity contribution in [1.82, 2.24) is 14.8 Å². The van der Waals surface area contributed by atoms with Gasteiger partial charge in [-0.15, -0.1) is 0 Å². The van der Waals surface area contributed by atoms with Crippen molar-refractivity contribution in [2.45, 2.75) is 38.3 Å². The average Bonchev–Trinajstić information content (AvgIpc) is 2.81. The summed E-state index contributed by atoms with van der Waals surface area (Å²) in [5.41, 5.74) is 1.87. The van der Waals surface area contributed by atoms with E-state index >= 15 is 0 Å². The fourth-order valence-corrected chi connectivity index (χ4v) is 4.77. The molecule has 2 bridgehead atoms. The highest BCUT2D eigenvalue weighted by molar-refractivity contribution is 5.97. The summed E-state index contributed by atoms with van der Waals surface area (Å²) in [7, 11) is 1.80. The van der Waals surface area contributed by atoms with E-state index in [1.165, 1.54) is 5.56 Å². The predicted octanol–water partition coefficient (Wildman–Crippen LogP) is 3.62. The largest absolute Gasteiger partial charge is 0.491 e. The van der Waals surface area contributed by atoms with Crippen LogP contribution in [-0.2, 0) is 11.3 Å². The zero-order chi connectivity index (χ0) is 21.5. The van der Waals surface area contributed by atoms with Crippen LogP contribution in [0.2, 0.25) is 0 Å². The highest BCUT2D eigenvalue weighted by Crippen LogP contribution is 2.28. The van der Waals surface area contributed by atoms with Gasteiger partial charge in [-0.05, 0) is 49.6 Å². The molecule has 31 heavy (non-hydrogen) atoms. The summed E-state index contributed by atoms with van der Waals surface area (Å²) in [5.74, 6) is 1.13. The number of amides is 1. The number of hydrogen-bond donors (Lipinski definition) is 0. The van der Waals surface area contributed by atoms with E-state index < -0.39 is 0 Å². The molecule has 1 aromatic carbocycles. The highest BCUT2D eigenvalue weighted by atomic mass is 16.5. The van der Waals surface area contributed by atoms with Crippen molar-refractivity contribution in [2.24, 2.45) is 5.92 Å². The van der Waals surface area contributed by atoms with Crippen LogP contribution in [0.1, 0.15) is 41.6 Å². The topological polar surface area (TPSA) is 54.9 Å². The van der Waals surface area contributed by atoms with Crippen LogP contribution < -0.4 is 4.74 Å². The molecule has 2 aromatic rings. The van der Waals surface area contributed by atoms with E-state index in [4.69, 9.17) is 9.47 Å². The van der Waals surface area contributed by atoms with Crippen molar-refractivity contribution in [3.8, 4) is 5.75 Å². The summed E-state index contributed by atoms with van der Waals surface area (Å²) < 4.78 is 11.9. The first-order chi connectivity index (χ1) is 15.2. The molecule has 0 spiro atoms. The first-order valence-corrected chi connectivity index (χ1v) is 11.4. The van der Waals surface area contributed by atoms with E-state index in [9.17, 15) is 4.79 Å². The Morgan fingerprint density at radius 2 is 2.00 bits per heavy atom. The molecular formula is C25H33N3O3. The molecule has 2 atom stereocenters. The third-order valence-corrected chi connectivity index (χ3v) is 6.46. The van der Waals surface area contributed by atoms with Crippen LogP contribution in [-0.4, -0.2) is 66.7 Å². The number of hydrogen-bond acceptors (Lipinski definition) is 5. The molecular weight excluding hydrogens is 390 g/mol. The zero-order valence-electron chi connectivity index (χ0n) is 18.4. The van der Waals surface area contributed by atoms with Gasteiger partial charge < -0.3 is 14.4 Å². The molecule has 1 amide bonds. The normalized spacial score (nSPS) is 23.5. The minimum absolute atomic E-state index is 0.0689. The van der Waals surface area contributed by atoms with E-state index in [-0.39, 0.29) is 12.0 Å². The van der Waals surface area contributed by atoms with Crippen LogP contribution in [0.5, 0.6) is 5.75 Å². The number of carbonyl (C=O) groups excluding carboxylic acids is 1. The Morgan fingerprint density at radius 1 is 1.10 bits per heavy atom. The number of ether oxygens (including phenoxy) is 2. The summed E-state index contributed by atoms with van der Waals surface area (Å²) in [6, 6.07) is 11.7.